The van der Waals surface area contributed by atoms with Crippen LogP contribution in [0.4, 0.5) is 0 Å². The first kappa shape index (κ1) is 12.0. The van der Waals surface area contributed by atoms with Gasteiger partial charge in [0.05, 0.1) is 16.7 Å². The summed E-state index contributed by atoms with van der Waals surface area (Å²) in [7, 11) is 0. The van der Waals surface area contributed by atoms with Crippen LogP contribution in [0.1, 0.15) is 24.4 Å². The van der Waals surface area contributed by atoms with Crippen molar-refractivity contribution in [2.45, 2.75) is 25.4 Å². The number of nitrogens with zero attached hydrogens (tertiary/aromatic N) is 3. The van der Waals surface area contributed by atoms with Crippen molar-refractivity contribution in [3.05, 3.63) is 40.9 Å². The van der Waals surface area contributed by atoms with E-state index in [2.05, 4.69) is 54.1 Å². The highest BCUT2D eigenvalue weighted by atomic mass is 79.9. The van der Waals surface area contributed by atoms with Gasteiger partial charge in [0.15, 0.2) is 0 Å². The molecule has 1 saturated heterocycles. The minimum atomic E-state index is 0.554. The predicted molar refractivity (Wildman–Crippen MR) is 74.3 cm³/mol. The average molecular weight is 309 g/mol. The molecule has 2 aromatic heterocycles. The fourth-order valence-electron chi connectivity index (χ4n) is 2.57. The van der Waals surface area contributed by atoms with Crippen molar-refractivity contribution in [1.29, 1.82) is 0 Å². The van der Waals surface area contributed by atoms with Crippen LogP contribution in [0.3, 0.4) is 0 Å². The topological polar surface area (TPSA) is 36.9 Å². The lowest BCUT2D eigenvalue weighted by molar-refractivity contribution is 0.173. The number of nitrogens with one attached hydrogen (secondary N) is 1. The molecular formula is C13H17BrN4. The Bertz CT molecular complexity index is 483. The van der Waals surface area contributed by atoms with Crippen LogP contribution < -0.4 is 0 Å². The van der Waals surface area contributed by atoms with Crippen molar-refractivity contribution in [2.75, 3.05) is 13.1 Å². The number of hydrogen-bond acceptors (Lipinski definition) is 2. The Balaban J connectivity index is 1.55. The fraction of sp³-hybridized carbons (Fsp3) is 0.462. The molecule has 5 heteroatoms. The number of halogens is 1. The van der Waals surface area contributed by atoms with E-state index in [0.717, 1.165) is 24.1 Å². The highest BCUT2D eigenvalue weighted by Crippen LogP contribution is 2.24. The number of aromatic amines is 1. The molecule has 0 spiro atoms. The number of aromatic nitrogens is 3. The van der Waals surface area contributed by atoms with Crippen LogP contribution in [0.15, 0.2) is 35.3 Å². The van der Waals surface area contributed by atoms with Crippen molar-refractivity contribution < 1.29 is 0 Å². The zero-order chi connectivity index (χ0) is 12.4. The molecule has 1 aliphatic rings. The smallest absolute Gasteiger partial charge is 0.0632 e. The van der Waals surface area contributed by atoms with Gasteiger partial charge in [-0.25, -0.2) is 0 Å². The molecule has 0 aromatic carbocycles. The van der Waals surface area contributed by atoms with Gasteiger partial charge in [-0.05, 0) is 40.4 Å². The van der Waals surface area contributed by atoms with Crippen LogP contribution in [0, 0.1) is 0 Å². The molecule has 18 heavy (non-hydrogen) atoms. The number of likely N-dealkylation sites (tertiary alicyclic amines) is 1. The first-order valence-electron chi connectivity index (χ1n) is 6.35. The highest BCUT2D eigenvalue weighted by Gasteiger charge is 2.21. The molecule has 96 valence electrons. The van der Waals surface area contributed by atoms with Gasteiger partial charge in [0.25, 0.3) is 0 Å². The van der Waals surface area contributed by atoms with Crippen molar-refractivity contribution in [3.8, 4) is 0 Å². The van der Waals surface area contributed by atoms with Crippen LogP contribution in [-0.4, -0.2) is 32.8 Å². The summed E-state index contributed by atoms with van der Waals surface area (Å²) in [6.45, 7) is 3.35. The summed E-state index contributed by atoms with van der Waals surface area (Å²) in [6.07, 6.45) is 10.4. The monoisotopic (exact) mass is 308 g/mol. The first-order valence-corrected chi connectivity index (χ1v) is 7.14. The standard InChI is InChI=1S/C13H17BrN4/c14-12-8-16-18(10-12)13-2-5-17(6-3-13)9-11-1-4-15-7-11/h1,4,7-8,10,13,15H,2-3,5-6,9H2. The van der Waals surface area contributed by atoms with Gasteiger partial charge in [0.1, 0.15) is 0 Å². The second-order valence-corrected chi connectivity index (χ2v) is 5.78. The molecular weight excluding hydrogens is 292 g/mol. The summed E-state index contributed by atoms with van der Waals surface area (Å²) < 4.78 is 3.16. The summed E-state index contributed by atoms with van der Waals surface area (Å²) in [5.74, 6) is 0. The number of H-pyrrole nitrogens is 1. The molecule has 3 heterocycles. The second kappa shape index (κ2) is 5.28. The lowest BCUT2D eigenvalue weighted by atomic mass is 10.0. The molecule has 2 aromatic rings. The summed E-state index contributed by atoms with van der Waals surface area (Å²) in [6, 6.07) is 2.70. The van der Waals surface area contributed by atoms with Crippen LogP contribution in [-0.2, 0) is 6.54 Å². The molecule has 0 aliphatic carbocycles. The maximum atomic E-state index is 4.39. The van der Waals surface area contributed by atoms with E-state index in [9.17, 15) is 0 Å². The number of hydrogen-bond donors (Lipinski definition) is 1. The van der Waals surface area contributed by atoms with Gasteiger partial charge in [-0.15, -0.1) is 0 Å². The molecule has 4 nitrogen and oxygen atoms in total. The maximum Gasteiger partial charge on any atom is 0.0632 e. The van der Waals surface area contributed by atoms with Gasteiger partial charge >= 0.3 is 0 Å². The molecule has 3 rings (SSSR count). The lowest BCUT2D eigenvalue weighted by Gasteiger charge is -2.31. The van der Waals surface area contributed by atoms with Gasteiger partial charge in [-0.3, -0.25) is 9.58 Å². The minimum Gasteiger partial charge on any atom is -0.367 e. The fourth-order valence-corrected chi connectivity index (χ4v) is 2.87. The molecule has 1 N–H and O–H groups in total. The maximum absolute atomic E-state index is 4.39. The normalized spacial score (nSPS) is 18.3. The average Bonchev–Trinajstić information content (AvgIpc) is 3.02. The summed E-state index contributed by atoms with van der Waals surface area (Å²) in [4.78, 5) is 5.62. The summed E-state index contributed by atoms with van der Waals surface area (Å²) >= 11 is 3.45. The third kappa shape index (κ3) is 2.67. The molecule has 0 amide bonds. The van der Waals surface area contributed by atoms with E-state index in [0.29, 0.717) is 6.04 Å². The zero-order valence-electron chi connectivity index (χ0n) is 10.2. The van der Waals surface area contributed by atoms with E-state index in [1.165, 1.54) is 18.4 Å². The minimum absolute atomic E-state index is 0.554. The largest absolute Gasteiger partial charge is 0.367 e. The van der Waals surface area contributed by atoms with Gasteiger partial charge in [-0.1, -0.05) is 0 Å². The lowest BCUT2D eigenvalue weighted by Crippen LogP contribution is -2.34. The molecule has 1 aliphatic heterocycles. The molecule has 0 radical (unpaired) electrons. The third-order valence-electron chi connectivity index (χ3n) is 3.57. The Morgan fingerprint density at radius 1 is 1.39 bits per heavy atom. The molecule has 0 bridgehead atoms. The quantitative estimate of drug-likeness (QED) is 0.946. The van der Waals surface area contributed by atoms with Gasteiger partial charge in [0.2, 0.25) is 0 Å². The van der Waals surface area contributed by atoms with E-state index in [-0.39, 0.29) is 0 Å². The Morgan fingerprint density at radius 3 is 2.83 bits per heavy atom. The van der Waals surface area contributed by atoms with Crippen LogP contribution >= 0.6 is 15.9 Å². The van der Waals surface area contributed by atoms with Crippen LogP contribution in [0.2, 0.25) is 0 Å². The van der Waals surface area contributed by atoms with E-state index in [1.54, 1.807) is 0 Å². The van der Waals surface area contributed by atoms with Crippen LogP contribution in [0.25, 0.3) is 0 Å². The summed E-state index contributed by atoms with van der Waals surface area (Å²) in [5.41, 5.74) is 1.37. The van der Waals surface area contributed by atoms with E-state index >= 15 is 0 Å². The Kier molecular flexibility index (Phi) is 3.52. The Morgan fingerprint density at radius 2 is 2.22 bits per heavy atom. The molecule has 0 saturated carbocycles. The number of rotatable bonds is 3. The van der Waals surface area contributed by atoms with Gasteiger partial charge in [0, 0.05) is 38.2 Å². The predicted octanol–water partition coefficient (Wildman–Crippen LogP) is 2.81. The van der Waals surface area contributed by atoms with Crippen LogP contribution in [0.5, 0.6) is 0 Å². The van der Waals surface area contributed by atoms with Gasteiger partial charge in [-0.2, -0.15) is 5.10 Å². The van der Waals surface area contributed by atoms with Crippen molar-refractivity contribution >= 4 is 15.9 Å². The van der Waals surface area contributed by atoms with Crippen molar-refractivity contribution in [1.82, 2.24) is 19.7 Å². The number of piperidine rings is 1. The van der Waals surface area contributed by atoms with Crippen molar-refractivity contribution in [3.63, 3.8) is 0 Å². The van der Waals surface area contributed by atoms with Gasteiger partial charge < -0.3 is 4.98 Å². The van der Waals surface area contributed by atoms with E-state index in [1.807, 2.05) is 12.4 Å². The Labute approximate surface area is 115 Å². The SMILES string of the molecule is Brc1cnn(C2CCN(Cc3cc[nH]c3)CC2)c1. The van der Waals surface area contributed by atoms with E-state index < -0.39 is 0 Å². The summed E-state index contributed by atoms with van der Waals surface area (Å²) in [5, 5.41) is 4.39. The third-order valence-corrected chi connectivity index (χ3v) is 3.98. The zero-order valence-corrected chi connectivity index (χ0v) is 11.8. The molecule has 0 unspecified atom stereocenters. The second-order valence-electron chi connectivity index (χ2n) is 4.87. The highest BCUT2D eigenvalue weighted by molar-refractivity contribution is 9.10. The Hall–Kier alpha value is -1.07. The van der Waals surface area contributed by atoms with Crippen molar-refractivity contribution in [2.24, 2.45) is 0 Å². The molecule has 1 fully saturated rings. The first-order chi connectivity index (χ1) is 8.81. The molecule has 0 atom stereocenters. The van der Waals surface area contributed by atoms with E-state index in [4.69, 9.17) is 0 Å².